The number of nitrogens with one attached hydrogen (secondary N) is 1. The average molecular weight is 339 g/mol. The van der Waals surface area contributed by atoms with Crippen LogP contribution in [0.3, 0.4) is 0 Å². The molecule has 0 aromatic heterocycles. The van der Waals surface area contributed by atoms with Gasteiger partial charge < -0.3 is 14.8 Å². The molecule has 0 atom stereocenters. The second kappa shape index (κ2) is 9.11. The van der Waals surface area contributed by atoms with Crippen LogP contribution in [0.1, 0.15) is 42.7 Å². The molecule has 25 heavy (non-hydrogen) atoms. The topological polar surface area (TPSA) is 47.6 Å². The van der Waals surface area contributed by atoms with Gasteiger partial charge in [0.05, 0.1) is 6.54 Å². The Morgan fingerprint density at radius 3 is 2.52 bits per heavy atom. The lowest BCUT2D eigenvalue weighted by Gasteiger charge is -2.16. The Hall–Kier alpha value is -2.49. The summed E-state index contributed by atoms with van der Waals surface area (Å²) in [6.07, 6.45) is 4.66. The predicted molar refractivity (Wildman–Crippen MR) is 97.8 cm³/mol. The lowest BCUT2D eigenvalue weighted by molar-refractivity contribution is 0.137. The minimum atomic E-state index is -0.420. The Morgan fingerprint density at radius 1 is 1.00 bits per heavy atom. The van der Waals surface area contributed by atoms with Crippen LogP contribution in [-0.2, 0) is 11.3 Å². The average Bonchev–Trinajstić information content (AvgIpc) is 3.19. The smallest absolute Gasteiger partial charge is 0.407 e. The lowest BCUT2D eigenvalue weighted by atomic mass is 9.97. The molecular weight excluding hydrogens is 314 g/mol. The second-order valence-corrected chi connectivity index (χ2v) is 6.36. The van der Waals surface area contributed by atoms with Gasteiger partial charge in [0.15, 0.2) is 0 Å². The zero-order chi connectivity index (χ0) is 17.3. The molecule has 0 bridgehead atoms. The van der Waals surface area contributed by atoms with Gasteiger partial charge in [-0.1, -0.05) is 61.4 Å². The Labute approximate surface area is 149 Å². The molecule has 3 rings (SSSR count). The van der Waals surface area contributed by atoms with Gasteiger partial charge in [-0.2, -0.15) is 0 Å². The predicted octanol–water partition coefficient (Wildman–Crippen LogP) is 4.65. The summed E-state index contributed by atoms with van der Waals surface area (Å²) in [7, 11) is 0. The number of benzene rings is 2. The normalized spacial score (nSPS) is 14.2. The molecule has 1 aliphatic carbocycles. The number of para-hydroxylation sites is 1. The summed E-state index contributed by atoms with van der Waals surface area (Å²) < 4.78 is 11.1. The van der Waals surface area contributed by atoms with Gasteiger partial charge in [0, 0.05) is 0 Å². The number of amides is 1. The second-order valence-electron chi connectivity index (χ2n) is 6.36. The van der Waals surface area contributed by atoms with E-state index in [4.69, 9.17) is 9.47 Å². The Morgan fingerprint density at radius 2 is 1.72 bits per heavy atom. The highest BCUT2D eigenvalue weighted by molar-refractivity contribution is 5.67. The Kier molecular flexibility index (Phi) is 6.32. The number of alkyl carbamates (subject to hydrolysis) is 1. The zero-order valence-corrected chi connectivity index (χ0v) is 14.4. The van der Waals surface area contributed by atoms with Crippen molar-refractivity contribution in [2.75, 3.05) is 13.2 Å². The molecule has 0 heterocycles. The molecule has 1 fully saturated rings. The van der Waals surface area contributed by atoms with Crippen LogP contribution in [0.2, 0.25) is 0 Å². The van der Waals surface area contributed by atoms with Gasteiger partial charge in [-0.3, -0.25) is 0 Å². The van der Waals surface area contributed by atoms with E-state index in [-0.39, 0.29) is 6.61 Å². The molecule has 1 aliphatic rings. The Bertz CT molecular complexity index is 666. The fraction of sp³-hybridized carbons (Fsp3) is 0.381. The highest BCUT2D eigenvalue weighted by Gasteiger charge is 2.20. The summed E-state index contributed by atoms with van der Waals surface area (Å²) in [5.74, 6) is 1.55. The molecule has 4 heteroatoms. The maximum atomic E-state index is 11.7. The molecule has 0 saturated heterocycles. The third-order valence-corrected chi connectivity index (χ3v) is 4.56. The first-order chi connectivity index (χ1) is 12.3. The molecule has 2 aromatic rings. The molecule has 1 N–H and O–H groups in total. The van der Waals surface area contributed by atoms with E-state index in [1.54, 1.807) is 0 Å². The van der Waals surface area contributed by atoms with E-state index in [1.807, 2.05) is 42.5 Å². The number of rotatable bonds is 7. The van der Waals surface area contributed by atoms with E-state index in [0.29, 0.717) is 19.1 Å². The third-order valence-electron chi connectivity index (χ3n) is 4.56. The summed E-state index contributed by atoms with van der Waals surface area (Å²) in [5.41, 5.74) is 2.27. The van der Waals surface area contributed by atoms with E-state index >= 15 is 0 Å². The van der Waals surface area contributed by atoms with Crippen molar-refractivity contribution in [1.29, 1.82) is 0 Å². The van der Waals surface area contributed by atoms with Gasteiger partial charge in [-0.15, -0.1) is 0 Å². The van der Waals surface area contributed by atoms with Gasteiger partial charge in [0.25, 0.3) is 0 Å². The van der Waals surface area contributed by atoms with E-state index in [1.165, 1.54) is 31.2 Å². The molecule has 4 nitrogen and oxygen atoms in total. The lowest BCUT2D eigenvalue weighted by Crippen LogP contribution is -2.28. The van der Waals surface area contributed by atoms with Crippen LogP contribution in [0.25, 0.3) is 0 Å². The minimum absolute atomic E-state index is 0.276. The third kappa shape index (κ3) is 5.24. The van der Waals surface area contributed by atoms with Gasteiger partial charge >= 0.3 is 6.09 Å². The van der Waals surface area contributed by atoms with Crippen LogP contribution in [0, 0.1) is 0 Å². The standard InChI is InChI=1S/C21H25NO3/c23-21(25-16-17-8-2-1-3-9-17)22-14-15-24-20-13-7-6-12-19(20)18-10-4-5-11-18/h1-3,6-9,12-13,18H,4-5,10-11,14-16H2,(H,22,23). The maximum absolute atomic E-state index is 11.7. The molecule has 2 aromatic carbocycles. The van der Waals surface area contributed by atoms with Crippen LogP contribution in [0.4, 0.5) is 4.79 Å². The number of hydrogen-bond acceptors (Lipinski definition) is 3. The van der Waals surface area contributed by atoms with Crippen LogP contribution >= 0.6 is 0 Å². The molecule has 132 valence electrons. The largest absolute Gasteiger partial charge is 0.491 e. The van der Waals surface area contributed by atoms with Crippen molar-refractivity contribution in [2.24, 2.45) is 0 Å². The number of carbonyl (C=O) groups excluding carboxylic acids is 1. The van der Waals surface area contributed by atoms with Crippen LogP contribution < -0.4 is 10.1 Å². The van der Waals surface area contributed by atoms with Crippen molar-refractivity contribution in [3.63, 3.8) is 0 Å². The van der Waals surface area contributed by atoms with Crippen LogP contribution in [-0.4, -0.2) is 19.2 Å². The van der Waals surface area contributed by atoms with E-state index in [0.717, 1.165) is 11.3 Å². The molecule has 0 radical (unpaired) electrons. The van der Waals surface area contributed by atoms with Gasteiger partial charge in [0.2, 0.25) is 0 Å². The minimum Gasteiger partial charge on any atom is -0.491 e. The van der Waals surface area contributed by atoms with Crippen molar-refractivity contribution >= 4 is 6.09 Å². The molecule has 0 spiro atoms. The zero-order valence-electron chi connectivity index (χ0n) is 14.4. The monoisotopic (exact) mass is 339 g/mol. The first-order valence-electron chi connectivity index (χ1n) is 8.99. The summed E-state index contributed by atoms with van der Waals surface area (Å²) in [5, 5.41) is 2.73. The number of carbonyl (C=O) groups is 1. The van der Waals surface area contributed by atoms with E-state index in [2.05, 4.69) is 17.4 Å². The molecule has 0 unspecified atom stereocenters. The fourth-order valence-electron chi connectivity index (χ4n) is 3.27. The van der Waals surface area contributed by atoms with E-state index in [9.17, 15) is 4.79 Å². The summed E-state index contributed by atoms with van der Waals surface area (Å²) in [4.78, 5) is 11.7. The maximum Gasteiger partial charge on any atom is 0.407 e. The van der Waals surface area contributed by atoms with Crippen molar-refractivity contribution in [3.05, 3.63) is 65.7 Å². The number of ether oxygens (including phenoxy) is 2. The molecule has 0 aliphatic heterocycles. The molecular formula is C21H25NO3. The van der Waals surface area contributed by atoms with Crippen molar-refractivity contribution in [1.82, 2.24) is 5.32 Å². The highest BCUT2D eigenvalue weighted by atomic mass is 16.5. The summed E-state index contributed by atoms with van der Waals surface area (Å²) in [6, 6.07) is 17.9. The SMILES string of the molecule is O=C(NCCOc1ccccc1C1CCCC1)OCc1ccccc1. The van der Waals surface area contributed by atoms with Gasteiger partial charge in [-0.05, 0) is 36.0 Å². The quantitative estimate of drug-likeness (QED) is 0.747. The Balaban J connectivity index is 1.39. The van der Waals surface area contributed by atoms with Crippen molar-refractivity contribution in [2.45, 2.75) is 38.2 Å². The van der Waals surface area contributed by atoms with Gasteiger partial charge in [0.1, 0.15) is 19.0 Å². The summed E-state index contributed by atoms with van der Waals surface area (Å²) in [6.45, 7) is 1.13. The fourth-order valence-corrected chi connectivity index (χ4v) is 3.27. The summed E-state index contributed by atoms with van der Waals surface area (Å²) >= 11 is 0. The molecule has 1 saturated carbocycles. The van der Waals surface area contributed by atoms with Crippen molar-refractivity contribution < 1.29 is 14.3 Å². The highest BCUT2D eigenvalue weighted by Crippen LogP contribution is 2.38. The van der Waals surface area contributed by atoms with Gasteiger partial charge in [-0.25, -0.2) is 4.79 Å². The van der Waals surface area contributed by atoms with Crippen molar-refractivity contribution in [3.8, 4) is 5.75 Å². The van der Waals surface area contributed by atoms with Crippen LogP contribution in [0.5, 0.6) is 5.75 Å². The molecule has 1 amide bonds. The first kappa shape index (κ1) is 17.3. The van der Waals surface area contributed by atoms with E-state index < -0.39 is 6.09 Å². The first-order valence-corrected chi connectivity index (χ1v) is 8.99. The number of hydrogen-bond donors (Lipinski definition) is 1. The van der Waals surface area contributed by atoms with Crippen LogP contribution in [0.15, 0.2) is 54.6 Å².